The van der Waals surface area contributed by atoms with Crippen LogP contribution in [0.3, 0.4) is 0 Å². The van der Waals surface area contributed by atoms with Crippen molar-refractivity contribution in [3.05, 3.63) is 0 Å². The van der Waals surface area contributed by atoms with Crippen LogP contribution < -0.4 is 17.0 Å². The van der Waals surface area contributed by atoms with E-state index >= 15 is 0 Å². The number of rotatable bonds is 4. The van der Waals surface area contributed by atoms with Gasteiger partial charge in [-0.2, -0.15) is 0 Å². The molecule has 7 aliphatic rings. The molecular weight excluding hydrogens is 366 g/mol. The molecular formula is C20H32BrNO2. The molecule has 1 unspecified atom stereocenters. The summed E-state index contributed by atoms with van der Waals surface area (Å²) in [6.45, 7) is 4.57. The SMILES string of the molecule is O=C(C[N+]12CCC(CC1)C(CO)C2)C12CC3CC(CC(C3)C1)C2.[Br-]. The average Bonchev–Trinajstić information content (AvgIpc) is 2.54. The molecule has 3 heterocycles. The van der Waals surface area contributed by atoms with Gasteiger partial charge in [0, 0.05) is 24.2 Å². The molecule has 6 bridgehead atoms. The molecule has 7 fully saturated rings. The van der Waals surface area contributed by atoms with E-state index < -0.39 is 0 Å². The minimum atomic E-state index is 0. The second kappa shape index (κ2) is 6.06. The van der Waals surface area contributed by atoms with Crippen LogP contribution in [0.5, 0.6) is 0 Å². The molecule has 0 spiro atoms. The third-order valence-electron chi connectivity index (χ3n) is 8.58. The fourth-order valence-electron chi connectivity index (χ4n) is 7.79. The zero-order valence-electron chi connectivity index (χ0n) is 14.8. The number of ketones is 1. The van der Waals surface area contributed by atoms with Crippen LogP contribution in [-0.2, 0) is 4.79 Å². The lowest BCUT2D eigenvalue weighted by Gasteiger charge is -2.57. The summed E-state index contributed by atoms with van der Waals surface area (Å²) >= 11 is 0. The second-order valence-corrected chi connectivity index (χ2v) is 10.0. The number of aliphatic hydroxyl groups is 1. The van der Waals surface area contributed by atoms with E-state index in [4.69, 9.17) is 0 Å². The van der Waals surface area contributed by atoms with Crippen LogP contribution in [0, 0.1) is 35.0 Å². The number of aliphatic hydroxyl groups excluding tert-OH is 1. The molecule has 0 aromatic heterocycles. The number of halogens is 1. The summed E-state index contributed by atoms with van der Waals surface area (Å²) in [6, 6.07) is 0. The fourth-order valence-corrected chi connectivity index (χ4v) is 7.79. The number of quaternary nitrogens is 1. The highest BCUT2D eigenvalue weighted by Gasteiger charge is 2.56. The van der Waals surface area contributed by atoms with Crippen LogP contribution in [0.1, 0.15) is 51.4 Å². The van der Waals surface area contributed by atoms with Gasteiger partial charge in [-0.1, -0.05) is 0 Å². The Balaban J connectivity index is 0.00000146. The van der Waals surface area contributed by atoms with Crippen molar-refractivity contribution < 1.29 is 31.4 Å². The number of fused-ring (bicyclic) bond motifs is 3. The summed E-state index contributed by atoms with van der Waals surface area (Å²) in [5.41, 5.74) is 0.0742. The summed E-state index contributed by atoms with van der Waals surface area (Å²) in [5, 5.41) is 9.70. The molecule has 1 atom stereocenters. The van der Waals surface area contributed by atoms with Gasteiger partial charge < -0.3 is 26.6 Å². The van der Waals surface area contributed by atoms with E-state index in [1.807, 2.05) is 0 Å². The van der Waals surface area contributed by atoms with Crippen LogP contribution in [-0.4, -0.2) is 48.2 Å². The lowest BCUT2D eigenvalue weighted by Crippen LogP contribution is -3.00. The van der Waals surface area contributed by atoms with Gasteiger partial charge in [0.2, 0.25) is 0 Å². The lowest BCUT2D eigenvalue weighted by atomic mass is 9.48. The van der Waals surface area contributed by atoms with Gasteiger partial charge >= 0.3 is 0 Å². The summed E-state index contributed by atoms with van der Waals surface area (Å²) in [7, 11) is 0. The quantitative estimate of drug-likeness (QED) is 0.656. The molecule has 4 aliphatic carbocycles. The first-order valence-corrected chi connectivity index (χ1v) is 10.1. The van der Waals surface area contributed by atoms with Crippen molar-refractivity contribution in [2.24, 2.45) is 35.0 Å². The van der Waals surface area contributed by atoms with Gasteiger partial charge in [0.1, 0.15) is 6.54 Å². The number of carbonyl (C=O) groups is 1. The maximum atomic E-state index is 13.5. The van der Waals surface area contributed by atoms with Crippen molar-refractivity contribution >= 4 is 5.78 Å². The van der Waals surface area contributed by atoms with Crippen LogP contribution >= 0.6 is 0 Å². The van der Waals surface area contributed by atoms with Gasteiger partial charge in [0.15, 0.2) is 5.78 Å². The Labute approximate surface area is 156 Å². The summed E-state index contributed by atoms with van der Waals surface area (Å²) < 4.78 is 1.02. The third-order valence-corrected chi connectivity index (χ3v) is 8.58. The number of hydrogen-bond donors (Lipinski definition) is 1. The van der Waals surface area contributed by atoms with Gasteiger partial charge in [0.05, 0.1) is 26.2 Å². The van der Waals surface area contributed by atoms with E-state index in [9.17, 15) is 9.90 Å². The minimum absolute atomic E-state index is 0. The van der Waals surface area contributed by atoms with Crippen molar-refractivity contribution in [2.45, 2.75) is 51.4 Å². The molecule has 24 heavy (non-hydrogen) atoms. The molecule has 1 N–H and O–H groups in total. The first-order chi connectivity index (χ1) is 11.1. The van der Waals surface area contributed by atoms with Gasteiger partial charge in [-0.15, -0.1) is 0 Å². The van der Waals surface area contributed by atoms with E-state index in [0.717, 1.165) is 41.2 Å². The molecule has 136 valence electrons. The van der Waals surface area contributed by atoms with E-state index in [1.165, 1.54) is 64.5 Å². The Morgan fingerprint density at radius 1 is 1.00 bits per heavy atom. The molecule has 3 nitrogen and oxygen atoms in total. The van der Waals surface area contributed by atoms with Crippen molar-refractivity contribution in [2.75, 3.05) is 32.8 Å². The molecule has 0 aromatic rings. The van der Waals surface area contributed by atoms with Gasteiger partial charge in [-0.05, 0) is 62.2 Å². The van der Waals surface area contributed by atoms with E-state index in [-0.39, 0.29) is 22.4 Å². The number of carbonyl (C=O) groups excluding carboxylic acids is 1. The normalized spacial score (nSPS) is 51.5. The monoisotopic (exact) mass is 397 g/mol. The molecule has 3 saturated heterocycles. The molecule has 4 saturated carbocycles. The number of Topliss-reactive ketones (excluding diaryl/α,β-unsaturated/α-hetero) is 1. The van der Waals surface area contributed by atoms with Crippen LogP contribution in [0.2, 0.25) is 0 Å². The number of nitrogens with zero attached hydrogens (tertiary/aromatic N) is 1. The molecule has 0 amide bonds. The lowest BCUT2D eigenvalue weighted by molar-refractivity contribution is -0.940. The maximum Gasteiger partial charge on any atom is 0.193 e. The Morgan fingerprint density at radius 3 is 2.04 bits per heavy atom. The van der Waals surface area contributed by atoms with Crippen LogP contribution in [0.15, 0.2) is 0 Å². The molecule has 4 heteroatoms. The topological polar surface area (TPSA) is 37.3 Å². The zero-order valence-corrected chi connectivity index (χ0v) is 16.3. The van der Waals surface area contributed by atoms with Gasteiger partial charge in [-0.3, -0.25) is 4.79 Å². The van der Waals surface area contributed by atoms with Crippen LogP contribution in [0.25, 0.3) is 0 Å². The van der Waals surface area contributed by atoms with Crippen molar-refractivity contribution in [1.29, 1.82) is 0 Å². The first-order valence-electron chi connectivity index (χ1n) is 10.1. The third kappa shape index (κ3) is 2.63. The predicted octanol–water partition coefficient (Wildman–Crippen LogP) is -0.375. The smallest absolute Gasteiger partial charge is 0.193 e. The number of piperidine rings is 3. The molecule has 7 rings (SSSR count). The largest absolute Gasteiger partial charge is 1.00 e. The minimum Gasteiger partial charge on any atom is -1.00 e. The van der Waals surface area contributed by atoms with Gasteiger partial charge in [-0.25, -0.2) is 0 Å². The Bertz CT molecular complexity index is 476. The van der Waals surface area contributed by atoms with E-state index in [1.54, 1.807) is 0 Å². The van der Waals surface area contributed by atoms with Crippen LogP contribution in [0.4, 0.5) is 0 Å². The zero-order chi connectivity index (χ0) is 15.7. The summed E-state index contributed by atoms with van der Waals surface area (Å²) in [4.78, 5) is 13.5. The molecule has 0 radical (unpaired) electrons. The molecule has 3 aliphatic heterocycles. The second-order valence-electron chi connectivity index (χ2n) is 10.0. The fraction of sp³-hybridized carbons (Fsp3) is 0.950. The van der Waals surface area contributed by atoms with E-state index in [2.05, 4.69) is 0 Å². The van der Waals surface area contributed by atoms with E-state index in [0.29, 0.717) is 18.3 Å². The average molecular weight is 398 g/mol. The molecule has 0 aromatic carbocycles. The summed E-state index contributed by atoms with van der Waals surface area (Å²) in [6.07, 6.45) is 10.4. The standard InChI is InChI=1S/C20H32NO2.BrH/c22-13-18-11-21(3-1-17(18)2-4-21)12-19(23)20-8-14-5-15(9-20)7-16(6-14)10-20;/h14-18,22H,1-13H2;1H/q+1;/p-1. The van der Waals surface area contributed by atoms with Crippen molar-refractivity contribution in [1.82, 2.24) is 0 Å². The Hall–Kier alpha value is 0.0700. The van der Waals surface area contributed by atoms with Crippen molar-refractivity contribution in [3.63, 3.8) is 0 Å². The predicted molar refractivity (Wildman–Crippen MR) is 88.6 cm³/mol. The highest BCUT2D eigenvalue weighted by molar-refractivity contribution is 5.86. The van der Waals surface area contributed by atoms with Gasteiger partial charge in [0.25, 0.3) is 0 Å². The van der Waals surface area contributed by atoms with Crippen molar-refractivity contribution in [3.8, 4) is 0 Å². The Morgan fingerprint density at radius 2 is 1.54 bits per heavy atom. The maximum absolute atomic E-state index is 13.5. The highest BCUT2D eigenvalue weighted by Crippen LogP contribution is 2.60. The number of hydrogen-bond acceptors (Lipinski definition) is 2. The Kier molecular flexibility index (Phi) is 4.41. The summed E-state index contributed by atoms with van der Waals surface area (Å²) in [5.74, 6) is 4.40. The highest BCUT2D eigenvalue weighted by atomic mass is 79.9. The first kappa shape index (κ1) is 17.5.